The predicted molar refractivity (Wildman–Crippen MR) is 111 cm³/mol. The Balaban J connectivity index is 2.67. The summed E-state index contributed by atoms with van der Waals surface area (Å²) in [6.45, 7) is 6.33. The average Bonchev–Trinajstić information content (AvgIpc) is 2.69. The number of nitro groups is 1. The van der Waals surface area contributed by atoms with Crippen LogP contribution in [0.5, 0.6) is 11.5 Å². The van der Waals surface area contributed by atoms with E-state index in [4.69, 9.17) is 30.5 Å². The molecule has 1 aromatic heterocycles. The fourth-order valence-corrected chi connectivity index (χ4v) is 2.72. The van der Waals surface area contributed by atoms with Gasteiger partial charge in [0.05, 0.1) is 33.9 Å². The maximum Gasteiger partial charge on any atom is 0.514 e. The van der Waals surface area contributed by atoms with Crippen LogP contribution in [-0.4, -0.2) is 40.8 Å². The molecule has 0 atom stereocenters. The van der Waals surface area contributed by atoms with Gasteiger partial charge in [-0.05, 0) is 33.3 Å². The van der Waals surface area contributed by atoms with Gasteiger partial charge in [-0.1, -0.05) is 12.1 Å². The minimum absolute atomic E-state index is 0.0629. The molecule has 0 radical (unpaired) electrons. The van der Waals surface area contributed by atoms with Gasteiger partial charge in [0.15, 0.2) is 11.5 Å². The van der Waals surface area contributed by atoms with Gasteiger partial charge in [-0.2, -0.15) is 0 Å². The van der Waals surface area contributed by atoms with Crippen molar-refractivity contribution in [3.8, 4) is 22.6 Å². The van der Waals surface area contributed by atoms with Crippen molar-refractivity contribution in [2.45, 2.75) is 33.8 Å². The second-order valence-corrected chi connectivity index (χ2v) is 6.91. The summed E-state index contributed by atoms with van der Waals surface area (Å²) in [6.07, 6.45) is -2.52. The number of benzene rings is 1. The van der Waals surface area contributed by atoms with Gasteiger partial charge >= 0.3 is 12.3 Å². The SMILES string of the molecule is Cc1nc(C)c(OC(=O)OC(C)C)c(-c2cccc([N+](=O)[O-])c2)c1OC(=O)OCCCl. The highest BCUT2D eigenvalue weighted by Crippen LogP contribution is 2.43. The van der Waals surface area contributed by atoms with Gasteiger partial charge in [0.1, 0.15) is 6.61 Å². The first kappa shape index (κ1) is 23.9. The third-order valence-electron chi connectivity index (χ3n) is 3.79. The van der Waals surface area contributed by atoms with Crippen molar-refractivity contribution in [1.29, 1.82) is 0 Å². The predicted octanol–water partition coefficient (Wildman–Crippen LogP) is 4.95. The normalized spacial score (nSPS) is 10.5. The summed E-state index contributed by atoms with van der Waals surface area (Å²) >= 11 is 5.52. The number of nitrogens with zero attached hydrogens (tertiary/aromatic N) is 2. The van der Waals surface area contributed by atoms with Crippen LogP contribution >= 0.6 is 11.6 Å². The highest BCUT2D eigenvalue weighted by molar-refractivity contribution is 6.18. The second kappa shape index (κ2) is 10.6. The number of rotatable bonds is 7. The molecule has 0 saturated carbocycles. The van der Waals surface area contributed by atoms with Crippen LogP contribution in [-0.2, 0) is 9.47 Å². The summed E-state index contributed by atoms with van der Waals surface area (Å²) in [5.74, 6) is -0.0946. The van der Waals surface area contributed by atoms with E-state index >= 15 is 0 Å². The first-order valence-corrected chi connectivity index (χ1v) is 9.72. The van der Waals surface area contributed by atoms with Crippen LogP contribution < -0.4 is 9.47 Å². The molecule has 2 aromatic rings. The minimum atomic E-state index is -1.06. The van der Waals surface area contributed by atoms with Gasteiger partial charge in [0.25, 0.3) is 5.69 Å². The standard InChI is InChI=1S/C20H21ClN2O8/c1-11(2)29-20(25)31-18-13(4)22-12(3)17(30-19(24)28-9-8-21)16(18)14-6-5-7-15(10-14)23(26)27/h5-7,10-11H,8-9H2,1-4H3. The topological polar surface area (TPSA) is 127 Å². The molecule has 0 N–H and O–H groups in total. The number of aromatic nitrogens is 1. The van der Waals surface area contributed by atoms with E-state index in [9.17, 15) is 19.7 Å². The first-order valence-electron chi connectivity index (χ1n) is 9.19. The molecule has 0 aliphatic rings. The summed E-state index contributed by atoms with van der Waals surface area (Å²) < 4.78 is 20.5. The number of aryl methyl sites for hydroxylation is 2. The van der Waals surface area contributed by atoms with E-state index in [0.717, 1.165) is 0 Å². The van der Waals surface area contributed by atoms with E-state index < -0.39 is 23.3 Å². The van der Waals surface area contributed by atoms with Gasteiger partial charge in [0, 0.05) is 12.1 Å². The molecule has 0 unspecified atom stereocenters. The van der Waals surface area contributed by atoms with Crippen LogP contribution in [0.4, 0.5) is 15.3 Å². The molecule has 0 saturated heterocycles. The molecular formula is C20H21ClN2O8. The molecule has 2 rings (SSSR count). The number of pyridine rings is 1. The molecule has 0 aliphatic carbocycles. The summed E-state index contributed by atoms with van der Waals surface area (Å²) in [6, 6.07) is 5.54. The summed E-state index contributed by atoms with van der Waals surface area (Å²) in [5, 5.41) is 11.3. The lowest BCUT2D eigenvalue weighted by atomic mass is 10.0. The number of carbonyl (C=O) groups excluding carboxylic acids is 2. The number of ether oxygens (including phenoxy) is 4. The molecule has 0 aliphatic heterocycles. The largest absolute Gasteiger partial charge is 0.514 e. The van der Waals surface area contributed by atoms with E-state index in [2.05, 4.69) is 4.98 Å². The Morgan fingerprint density at radius 3 is 2.29 bits per heavy atom. The fourth-order valence-electron chi connectivity index (χ4n) is 2.64. The maximum atomic E-state index is 12.2. The van der Waals surface area contributed by atoms with Gasteiger partial charge in [-0.3, -0.25) is 15.1 Å². The van der Waals surface area contributed by atoms with Gasteiger partial charge in [-0.15, -0.1) is 11.6 Å². The Hall–Kier alpha value is -3.40. The molecule has 0 fully saturated rings. The van der Waals surface area contributed by atoms with Gasteiger partial charge < -0.3 is 18.9 Å². The number of nitro benzene ring substituents is 1. The Kier molecular flexibility index (Phi) is 8.14. The molecule has 166 valence electrons. The van der Waals surface area contributed by atoms with Crippen LogP contribution in [0, 0.1) is 24.0 Å². The minimum Gasteiger partial charge on any atom is -0.433 e. The third-order valence-corrected chi connectivity index (χ3v) is 3.95. The summed E-state index contributed by atoms with van der Waals surface area (Å²) in [5.41, 5.74) is 0.705. The van der Waals surface area contributed by atoms with Crippen molar-refractivity contribution in [1.82, 2.24) is 4.98 Å². The zero-order chi connectivity index (χ0) is 23.1. The van der Waals surface area contributed by atoms with Crippen LogP contribution in [0.2, 0.25) is 0 Å². The lowest BCUT2D eigenvalue weighted by molar-refractivity contribution is -0.384. The summed E-state index contributed by atoms with van der Waals surface area (Å²) in [4.78, 5) is 39.2. The van der Waals surface area contributed by atoms with Crippen molar-refractivity contribution in [2.24, 2.45) is 0 Å². The van der Waals surface area contributed by atoms with E-state index in [1.807, 2.05) is 0 Å². The molecule has 1 aromatic carbocycles. The monoisotopic (exact) mass is 452 g/mol. The molecule has 10 nitrogen and oxygen atoms in total. The quantitative estimate of drug-likeness (QED) is 0.248. The van der Waals surface area contributed by atoms with E-state index in [1.165, 1.54) is 18.2 Å². The first-order chi connectivity index (χ1) is 14.6. The molecule has 0 bridgehead atoms. The van der Waals surface area contributed by atoms with Crippen molar-refractivity contribution >= 4 is 29.6 Å². The number of hydrogen-bond donors (Lipinski definition) is 0. The van der Waals surface area contributed by atoms with Crippen molar-refractivity contribution in [3.63, 3.8) is 0 Å². The highest BCUT2D eigenvalue weighted by atomic mass is 35.5. The van der Waals surface area contributed by atoms with E-state index in [1.54, 1.807) is 33.8 Å². The van der Waals surface area contributed by atoms with Crippen molar-refractivity contribution in [2.75, 3.05) is 12.5 Å². The zero-order valence-electron chi connectivity index (χ0n) is 17.3. The van der Waals surface area contributed by atoms with E-state index in [0.29, 0.717) is 0 Å². The lowest BCUT2D eigenvalue weighted by Crippen LogP contribution is -2.18. The molecule has 0 amide bonds. The second-order valence-electron chi connectivity index (χ2n) is 6.53. The molecule has 1 heterocycles. The number of alkyl halides is 1. The van der Waals surface area contributed by atoms with Crippen LogP contribution in [0.3, 0.4) is 0 Å². The smallest absolute Gasteiger partial charge is 0.433 e. The number of halogens is 1. The number of carbonyl (C=O) groups is 2. The van der Waals surface area contributed by atoms with Crippen molar-refractivity contribution < 1.29 is 33.5 Å². The molecular weight excluding hydrogens is 432 g/mol. The third kappa shape index (κ3) is 6.29. The Morgan fingerprint density at radius 2 is 1.74 bits per heavy atom. The maximum absolute atomic E-state index is 12.2. The van der Waals surface area contributed by atoms with Crippen LogP contribution in [0.25, 0.3) is 11.1 Å². The Morgan fingerprint density at radius 1 is 1.13 bits per heavy atom. The Labute approximate surface area is 183 Å². The average molecular weight is 453 g/mol. The number of non-ortho nitro benzene ring substituents is 1. The lowest BCUT2D eigenvalue weighted by Gasteiger charge is -2.18. The molecule has 11 heteroatoms. The van der Waals surface area contributed by atoms with Gasteiger partial charge in [0.2, 0.25) is 0 Å². The Bertz CT molecular complexity index is 993. The summed E-state index contributed by atoms with van der Waals surface area (Å²) in [7, 11) is 0. The van der Waals surface area contributed by atoms with Crippen molar-refractivity contribution in [3.05, 3.63) is 45.8 Å². The highest BCUT2D eigenvalue weighted by Gasteiger charge is 2.26. The van der Waals surface area contributed by atoms with Crippen LogP contribution in [0.15, 0.2) is 24.3 Å². The molecule has 31 heavy (non-hydrogen) atoms. The fraction of sp³-hybridized carbons (Fsp3) is 0.350. The van der Waals surface area contributed by atoms with E-state index in [-0.39, 0.29) is 52.2 Å². The molecule has 0 spiro atoms. The van der Waals surface area contributed by atoms with Gasteiger partial charge in [-0.25, -0.2) is 9.59 Å². The van der Waals surface area contributed by atoms with Crippen LogP contribution in [0.1, 0.15) is 25.2 Å². The zero-order valence-corrected chi connectivity index (χ0v) is 18.1. The number of hydrogen-bond acceptors (Lipinski definition) is 9.